The van der Waals surface area contributed by atoms with Gasteiger partial charge in [0.25, 0.3) is 5.91 Å². The Morgan fingerprint density at radius 1 is 1.08 bits per heavy atom. The van der Waals surface area contributed by atoms with E-state index >= 15 is 0 Å². The molecule has 3 aromatic rings. The van der Waals surface area contributed by atoms with Gasteiger partial charge < -0.3 is 19.4 Å². The van der Waals surface area contributed by atoms with Crippen molar-refractivity contribution in [2.45, 2.75) is 38.4 Å². The summed E-state index contributed by atoms with van der Waals surface area (Å²) in [4.78, 5) is 44.8. The standard InChI is InChI=1S/C27H28ClN5O4/c1-18-16-32(25(34)21-11-10-20(15-22(21)28)33-14-6-12-29-33)23-8-4-3-7-19(23)17-31(18)27(36)30-13-5-9-24(30)26(35)37-2/h3-4,6-8,10-12,14-15,18,24H,5,9,13,16-17H2,1-2H3/t18-,24+/m1/s1. The van der Waals surface area contributed by atoms with Crippen molar-refractivity contribution in [3.63, 3.8) is 0 Å². The molecule has 2 aliphatic heterocycles. The Balaban J connectivity index is 1.45. The Hall–Kier alpha value is -3.85. The van der Waals surface area contributed by atoms with E-state index in [1.807, 2.05) is 37.3 Å². The van der Waals surface area contributed by atoms with Crippen molar-refractivity contribution in [1.82, 2.24) is 19.6 Å². The third kappa shape index (κ3) is 4.67. The number of nitrogens with zero attached hydrogens (tertiary/aromatic N) is 5. The van der Waals surface area contributed by atoms with Crippen LogP contribution < -0.4 is 4.90 Å². The minimum atomic E-state index is -0.590. The molecule has 0 bridgehead atoms. The van der Waals surface area contributed by atoms with Crippen molar-refractivity contribution in [2.24, 2.45) is 0 Å². The molecule has 37 heavy (non-hydrogen) atoms. The molecule has 9 nitrogen and oxygen atoms in total. The van der Waals surface area contributed by atoms with Crippen molar-refractivity contribution in [3.05, 3.63) is 77.1 Å². The summed E-state index contributed by atoms with van der Waals surface area (Å²) in [6.07, 6.45) is 4.79. The lowest BCUT2D eigenvalue weighted by Crippen LogP contribution is -2.52. The second-order valence-corrected chi connectivity index (χ2v) is 9.70. The third-order valence-electron chi connectivity index (χ3n) is 7.02. The number of carbonyl (C=O) groups is 3. The van der Waals surface area contributed by atoms with Crippen LogP contribution in [0.2, 0.25) is 5.02 Å². The monoisotopic (exact) mass is 521 g/mol. The number of hydrogen-bond donors (Lipinski definition) is 0. The van der Waals surface area contributed by atoms with Gasteiger partial charge in [-0.3, -0.25) is 4.79 Å². The van der Waals surface area contributed by atoms with Gasteiger partial charge >= 0.3 is 12.0 Å². The molecule has 3 heterocycles. The molecule has 0 aliphatic carbocycles. The van der Waals surface area contributed by atoms with Gasteiger partial charge in [-0.15, -0.1) is 0 Å². The molecule has 2 aromatic carbocycles. The topological polar surface area (TPSA) is 88.0 Å². The quantitative estimate of drug-likeness (QED) is 0.483. The Bertz CT molecular complexity index is 1330. The van der Waals surface area contributed by atoms with Gasteiger partial charge in [-0.05, 0) is 55.7 Å². The molecular weight excluding hydrogens is 494 g/mol. The van der Waals surface area contributed by atoms with E-state index in [1.165, 1.54) is 7.11 Å². The Labute approximate surface area is 220 Å². The van der Waals surface area contributed by atoms with Crippen molar-refractivity contribution in [1.29, 1.82) is 0 Å². The number of amides is 3. The van der Waals surface area contributed by atoms with E-state index in [0.29, 0.717) is 30.1 Å². The highest BCUT2D eigenvalue weighted by molar-refractivity contribution is 6.34. The summed E-state index contributed by atoms with van der Waals surface area (Å²) in [5.74, 6) is -0.655. The summed E-state index contributed by atoms with van der Waals surface area (Å²) in [7, 11) is 1.34. The molecule has 0 N–H and O–H groups in total. The maximum atomic E-state index is 13.8. The molecule has 0 spiro atoms. The molecule has 0 radical (unpaired) electrons. The lowest BCUT2D eigenvalue weighted by Gasteiger charge is -2.34. The smallest absolute Gasteiger partial charge is 0.328 e. The predicted molar refractivity (Wildman–Crippen MR) is 139 cm³/mol. The van der Waals surface area contributed by atoms with Crippen molar-refractivity contribution in [2.75, 3.05) is 25.1 Å². The van der Waals surface area contributed by atoms with Crippen LogP contribution in [-0.2, 0) is 16.1 Å². The first-order chi connectivity index (χ1) is 17.9. The molecule has 0 saturated carbocycles. The summed E-state index contributed by atoms with van der Waals surface area (Å²) in [5.41, 5.74) is 2.68. The molecule has 192 valence electrons. The number of ether oxygens (including phenoxy) is 1. The van der Waals surface area contributed by atoms with Crippen molar-refractivity contribution in [3.8, 4) is 5.69 Å². The van der Waals surface area contributed by atoms with Crippen molar-refractivity contribution >= 4 is 35.2 Å². The third-order valence-corrected chi connectivity index (χ3v) is 7.33. The fourth-order valence-electron chi connectivity index (χ4n) is 5.09. The number of benzene rings is 2. The zero-order chi connectivity index (χ0) is 26.1. The summed E-state index contributed by atoms with van der Waals surface area (Å²) < 4.78 is 6.60. The van der Waals surface area contributed by atoms with E-state index in [0.717, 1.165) is 23.4 Å². The van der Waals surface area contributed by atoms with E-state index in [1.54, 1.807) is 50.0 Å². The van der Waals surface area contributed by atoms with E-state index in [2.05, 4.69) is 5.10 Å². The number of anilines is 1. The number of likely N-dealkylation sites (tertiary alicyclic amines) is 1. The van der Waals surface area contributed by atoms with Gasteiger partial charge in [-0.1, -0.05) is 29.8 Å². The fraction of sp³-hybridized carbons (Fsp3) is 0.333. The van der Waals surface area contributed by atoms with Crippen LogP contribution >= 0.6 is 11.6 Å². The Kier molecular flexibility index (Phi) is 6.88. The average Bonchev–Trinajstić information content (AvgIpc) is 3.60. The number of halogens is 1. The second kappa shape index (κ2) is 10.3. The number of esters is 1. The molecule has 5 rings (SSSR count). The van der Waals surface area contributed by atoms with Crippen LogP contribution in [-0.4, -0.2) is 69.8 Å². The van der Waals surface area contributed by atoms with Gasteiger partial charge in [-0.2, -0.15) is 5.10 Å². The molecule has 2 aliphatic rings. The van der Waals surface area contributed by atoms with Crippen LogP contribution in [0, 0.1) is 0 Å². The average molecular weight is 522 g/mol. The molecule has 1 fully saturated rings. The number of methoxy groups -OCH3 is 1. The lowest BCUT2D eigenvalue weighted by molar-refractivity contribution is -0.145. The number of rotatable bonds is 3. The summed E-state index contributed by atoms with van der Waals surface area (Å²) in [5, 5.41) is 4.53. The summed E-state index contributed by atoms with van der Waals surface area (Å²) in [6.45, 7) is 2.99. The zero-order valence-electron chi connectivity index (χ0n) is 20.7. The largest absolute Gasteiger partial charge is 0.467 e. The van der Waals surface area contributed by atoms with Crippen LogP contribution in [0.3, 0.4) is 0 Å². The number of para-hydroxylation sites is 1. The normalized spacial score (nSPS) is 19.4. The molecule has 1 aromatic heterocycles. The second-order valence-electron chi connectivity index (χ2n) is 9.29. The Morgan fingerprint density at radius 3 is 2.62 bits per heavy atom. The maximum Gasteiger partial charge on any atom is 0.328 e. The van der Waals surface area contributed by atoms with Gasteiger partial charge in [0.15, 0.2) is 0 Å². The van der Waals surface area contributed by atoms with Crippen LogP contribution in [0.5, 0.6) is 0 Å². The molecular formula is C27H28ClN5O4. The minimum absolute atomic E-state index is 0.230. The van der Waals surface area contributed by atoms with E-state index in [4.69, 9.17) is 16.3 Å². The van der Waals surface area contributed by atoms with E-state index < -0.39 is 12.0 Å². The number of hydrogen-bond acceptors (Lipinski definition) is 5. The van der Waals surface area contributed by atoms with Crippen molar-refractivity contribution < 1.29 is 19.1 Å². The first-order valence-corrected chi connectivity index (χ1v) is 12.6. The summed E-state index contributed by atoms with van der Waals surface area (Å²) >= 11 is 6.59. The number of urea groups is 1. The highest BCUT2D eigenvalue weighted by atomic mass is 35.5. The van der Waals surface area contributed by atoms with E-state index in [9.17, 15) is 14.4 Å². The summed E-state index contributed by atoms with van der Waals surface area (Å²) in [6, 6.07) is 13.4. The fourth-order valence-corrected chi connectivity index (χ4v) is 5.34. The van der Waals surface area contributed by atoms with Gasteiger partial charge in [-0.25, -0.2) is 14.3 Å². The van der Waals surface area contributed by atoms with Crippen LogP contribution in [0.1, 0.15) is 35.7 Å². The molecule has 2 atom stereocenters. The molecule has 3 amide bonds. The first-order valence-electron chi connectivity index (χ1n) is 12.2. The number of carbonyl (C=O) groups excluding carboxylic acids is 3. The van der Waals surface area contributed by atoms with Crippen LogP contribution in [0.15, 0.2) is 60.9 Å². The van der Waals surface area contributed by atoms with Gasteiger partial charge in [0.2, 0.25) is 0 Å². The lowest BCUT2D eigenvalue weighted by atomic mass is 10.1. The molecule has 10 heteroatoms. The number of aromatic nitrogens is 2. The van der Waals surface area contributed by atoms with Gasteiger partial charge in [0, 0.05) is 43.8 Å². The Morgan fingerprint density at radius 2 is 1.89 bits per heavy atom. The molecule has 1 saturated heterocycles. The van der Waals surface area contributed by atoms with E-state index in [-0.39, 0.29) is 24.5 Å². The van der Waals surface area contributed by atoms with Crippen LogP contribution in [0.25, 0.3) is 5.69 Å². The first kappa shape index (κ1) is 24.8. The number of fused-ring (bicyclic) bond motifs is 1. The SMILES string of the molecule is COC(=O)[C@@H]1CCCN1C(=O)N1Cc2ccccc2N(C(=O)c2ccc(-n3cccn3)cc2Cl)C[C@H]1C. The van der Waals surface area contributed by atoms with Crippen LogP contribution in [0.4, 0.5) is 10.5 Å². The minimum Gasteiger partial charge on any atom is -0.467 e. The van der Waals surface area contributed by atoms with Gasteiger partial charge in [0.1, 0.15) is 6.04 Å². The zero-order valence-corrected chi connectivity index (χ0v) is 21.5. The molecule has 0 unspecified atom stereocenters. The maximum absolute atomic E-state index is 13.8. The highest BCUT2D eigenvalue weighted by Gasteiger charge is 2.40. The predicted octanol–water partition coefficient (Wildman–Crippen LogP) is 4.13. The highest BCUT2D eigenvalue weighted by Crippen LogP contribution is 2.32. The van der Waals surface area contributed by atoms with Gasteiger partial charge in [0.05, 0.1) is 23.4 Å².